The molecule has 0 aliphatic rings. The smallest absolute Gasteiger partial charge is 0.320 e. The summed E-state index contributed by atoms with van der Waals surface area (Å²) in [5, 5.41) is 12.0. The van der Waals surface area contributed by atoms with Gasteiger partial charge >= 0.3 is 5.97 Å². The molecule has 5 nitrogen and oxygen atoms in total. The fourth-order valence-corrected chi connectivity index (χ4v) is 1.79. The predicted octanol–water partition coefficient (Wildman–Crippen LogP) is 2.16. The van der Waals surface area contributed by atoms with Gasteiger partial charge in [-0.3, -0.25) is 4.79 Å². The van der Waals surface area contributed by atoms with Gasteiger partial charge in [-0.25, -0.2) is 0 Å². The molecule has 0 heterocycles. The van der Waals surface area contributed by atoms with Gasteiger partial charge < -0.3 is 19.9 Å². The number of hydrogen-bond donors (Lipinski definition) is 2. The minimum Gasteiger partial charge on any atom is -0.494 e. The Morgan fingerprint density at radius 3 is 2.20 bits per heavy atom. The third kappa shape index (κ3) is 5.48. The third-order valence-corrected chi connectivity index (χ3v) is 2.80. The summed E-state index contributed by atoms with van der Waals surface area (Å²) in [7, 11) is 0. The van der Waals surface area contributed by atoms with E-state index in [1.54, 1.807) is 0 Å². The molecule has 1 aromatic carbocycles. The molecule has 1 atom stereocenters. The van der Waals surface area contributed by atoms with Crippen molar-refractivity contribution >= 4 is 5.97 Å². The number of benzene rings is 1. The van der Waals surface area contributed by atoms with Crippen LogP contribution in [0.15, 0.2) is 24.3 Å². The van der Waals surface area contributed by atoms with Crippen LogP contribution in [-0.4, -0.2) is 36.9 Å². The van der Waals surface area contributed by atoms with E-state index in [9.17, 15) is 4.79 Å². The van der Waals surface area contributed by atoms with Crippen molar-refractivity contribution in [1.29, 1.82) is 0 Å². The van der Waals surface area contributed by atoms with Crippen LogP contribution >= 0.6 is 0 Å². The lowest BCUT2D eigenvalue weighted by atomic mass is 10.1. The van der Waals surface area contributed by atoms with Gasteiger partial charge in [-0.2, -0.15) is 0 Å². The topological polar surface area (TPSA) is 67.8 Å². The number of ether oxygens (including phenoxy) is 2. The molecular formula is C15H23NO4. The number of carbonyl (C=O) groups is 1. The van der Waals surface area contributed by atoms with Crippen molar-refractivity contribution in [2.75, 3.05) is 19.8 Å². The molecule has 1 rings (SSSR count). The van der Waals surface area contributed by atoms with E-state index in [2.05, 4.69) is 5.32 Å². The fraction of sp³-hybridized carbons (Fsp3) is 0.533. The Hall–Kier alpha value is -1.75. The van der Waals surface area contributed by atoms with Gasteiger partial charge in [0.25, 0.3) is 0 Å². The number of aliphatic carboxylic acids is 1. The molecule has 0 amide bonds. The van der Waals surface area contributed by atoms with E-state index in [-0.39, 0.29) is 5.92 Å². The average molecular weight is 281 g/mol. The molecule has 0 aliphatic heterocycles. The summed E-state index contributed by atoms with van der Waals surface area (Å²) in [5.41, 5.74) is 0. The summed E-state index contributed by atoms with van der Waals surface area (Å²) in [5.74, 6) is 0.759. The monoisotopic (exact) mass is 281 g/mol. The van der Waals surface area contributed by atoms with Crippen molar-refractivity contribution in [2.45, 2.75) is 26.8 Å². The summed E-state index contributed by atoms with van der Waals surface area (Å²) < 4.78 is 10.9. The first kappa shape index (κ1) is 16.3. The van der Waals surface area contributed by atoms with Crippen LogP contribution in [-0.2, 0) is 4.79 Å². The Labute approximate surface area is 119 Å². The zero-order chi connectivity index (χ0) is 15.0. The Morgan fingerprint density at radius 2 is 1.75 bits per heavy atom. The lowest BCUT2D eigenvalue weighted by Gasteiger charge is -2.18. The summed E-state index contributed by atoms with van der Waals surface area (Å²) in [6.07, 6.45) is 0. The molecule has 1 unspecified atom stereocenters. The van der Waals surface area contributed by atoms with E-state index in [0.717, 1.165) is 11.5 Å². The van der Waals surface area contributed by atoms with Gasteiger partial charge in [-0.1, -0.05) is 13.8 Å². The zero-order valence-corrected chi connectivity index (χ0v) is 12.3. The Morgan fingerprint density at radius 1 is 1.20 bits per heavy atom. The molecule has 0 fully saturated rings. The molecular weight excluding hydrogens is 258 g/mol. The largest absolute Gasteiger partial charge is 0.494 e. The molecule has 0 spiro atoms. The minimum absolute atomic E-state index is 0.0398. The minimum atomic E-state index is -0.832. The van der Waals surface area contributed by atoms with E-state index in [1.807, 2.05) is 45.0 Å². The van der Waals surface area contributed by atoms with Gasteiger partial charge in [0.15, 0.2) is 0 Å². The van der Waals surface area contributed by atoms with Crippen molar-refractivity contribution in [3.8, 4) is 11.5 Å². The lowest BCUT2D eigenvalue weighted by molar-refractivity contribution is -0.140. The molecule has 0 aromatic heterocycles. The van der Waals surface area contributed by atoms with Crippen LogP contribution in [0.1, 0.15) is 20.8 Å². The van der Waals surface area contributed by atoms with E-state index in [4.69, 9.17) is 14.6 Å². The van der Waals surface area contributed by atoms with Crippen LogP contribution in [0.5, 0.6) is 11.5 Å². The summed E-state index contributed by atoms with van der Waals surface area (Å²) >= 11 is 0. The second kappa shape index (κ2) is 8.43. The standard InChI is InChI=1S/C15H23NO4/c1-4-19-12-5-7-13(8-6-12)20-10-9-16-14(11(2)3)15(17)18/h5-8,11,14,16H,4,9-10H2,1-3H3,(H,17,18). The number of rotatable bonds is 9. The van der Waals surface area contributed by atoms with Crippen LogP contribution in [0.25, 0.3) is 0 Å². The molecule has 0 saturated heterocycles. The number of hydrogen-bond acceptors (Lipinski definition) is 4. The molecule has 0 saturated carbocycles. The number of carboxylic acid groups (broad SMARTS) is 1. The van der Waals surface area contributed by atoms with Gasteiger partial charge in [-0.15, -0.1) is 0 Å². The van der Waals surface area contributed by atoms with E-state index in [0.29, 0.717) is 19.8 Å². The molecule has 0 aliphatic carbocycles. The first-order valence-electron chi connectivity index (χ1n) is 6.86. The van der Waals surface area contributed by atoms with Gasteiger partial charge in [-0.05, 0) is 37.1 Å². The molecule has 20 heavy (non-hydrogen) atoms. The first-order valence-corrected chi connectivity index (χ1v) is 6.86. The maximum atomic E-state index is 11.0. The number of carboxylic acids is 1. The molecule has 1 aromatic rings. The second-order valence-corrected chi connectivity index (χ2v) is 4.77. The Kier molecular flexibility index (Phi) is 6.87. The molecule has 0 radical (unpaired) electrons. The fourth-order valence-electron chi connectivity index (χ4n) is 1.79. The summed E-state index contributed by atoms with van der Waals surface area (Å²) in [4.78, 5) is 11.0. The third-order valence-electron chi connectivity index (χ3n) is 2.80. The van der Waals surface area contributed by atoms with Gasteiger partial charge in [0.1, 0.15) is 24.1 Å². The van der Waals surface area contributed by atoms with Gasteiger partial charge in [0.2, 0.25) is 0 Å². The Bertz CT molecular complexity index is 403. The zero-order valence-electron chi connectivity index (χ0n) is 12.3. The molecule has 0 bridgehead atoms. The highest BCUT2D eigenvalue weighted by Gasteiger charge is 2.19. The van der Waals surface area contributed by atoms with Crippen LogP contribution in [0.4, 0.5) is 0 Å². The van der Waals surface area contributed by atoms with Gasteiger partial charge in [0, 0.05) is 6.54 Å². The van der Waals surface area contributed by atoms with Gasteiger partial charge in [0.05, 0.1) is 6.61 Å². The highest BCUT2D eigenvalue weighted by molar-refractivity contribution is 5.73. The van der Waals surface area contributed by atoms with Crippen molar-refractivity contribution in [2.24, 2.45) is 5.92 Å². The quantitative estimate of drug-likeness (QED) is 0.679. The van der Waals surface area contributed by atoms with Crippen molar-refractivity contribution in [3.63, 3.8) is 0 Å². The second-order valence-electron chi connectivity index (χ2n) is 4.77. The van der Waals surface area contributed by atoms with Crippen LogP contribution in [0.2, 0.25) is 0 Å². The normalized spacial score (nSPS) is 12.2. The highest BCUT2D eigenvalue weighted by Crippen LogP contribution is 2.17. The van der Waals surface area contributed by atoms with Crippen molar-refractivity contribution < 1.29 is 19.4 Å². The lowest BCUT2D eigenvalue weighted by Crippen LogP contribution is -2.42. The van der Waals surface area contributed by atoms with Crippen molar-refractivity contribution in [1.82, 2.24) is 5.32 Å². The Balaban J connectivity index is 2.31. The number of nitrogens with one attached hydrogen (secondary N) is 1. The molecule has 5 heteroatoms. The molecule has 2 N–H and O–H groups in total. The van der Waals surface area contributed by atoms with Crippen LogP contribution in [0, 0.1) is 5.92 Å². The van der Waals surface area contributed by atoms with E-state index >= 15 is 0 Å². The SMILES string of the molecule is CCOc1ccc(OCCNC(C(=O)O)C(C)C)cc1. The maximum absolute atomic E-state index is 11.0. The van der Waals surface area contributed by atoms with Crippen LogP contribution < -0.4 is 14.8 Å². The van der Waals surface area contributed by atoms with Crippen molar-refractivity contribution in [3.05, 3.63) is 24.3 Å². The highest BCUT2D eigenvalue weighted by atomic mass is 16.5. The maximum Gasteiger partial charge on any atom is 0.320 e. The van der Waals surface area contributed by atoms with E-state index in [1.165, 1.54) is 0 Å². The first-order chi connectivity index (χ1) is 9.54. The predicted molar refractivity (Wildman–Crippen MR) is 77.4 cm³/mol. The van der Waals surface area contributed by atoms with Crippen LogP contribution in [0.3, 0.4) is 0 Å². The molecule has 112 valence electrons. The average Bonchev–Trinajstić information content (AvgIpc) is 2.40. The summed E-state index contributed by atoms with van der Waals surface area (Å²) in [6.45, 7) is 7.23. The van der Waals surface area contributed by atoms with E-state index < -0.39 is 12.0 Å². The summed E-state index contributed by atoms with van der Waals surface area (Å²) in [6, 6.07) is 6.82.